The number of aryl methyl sites for hydroxylation is 1. The predicted molar refractivity (Wildman–Crippen MR) is 126 cm³/mol. The van der Waals surface area contributed by atoms with Crippen molar-refractivity contribution in [1.29, 1.82) is 0 Å². The van der Waals surface area contributed by atoms with E-state index in [9.17, 15) is 8.42 Å². The fourth-order valence-electron chi connectivity index (χ4n) is 2.22. The van der Waals surface area contributed by atoms with Crippen LogP contribution in [0.25, 0.3) is 0 Å². The number of hydrogen-bond acceptors (Lipinski definition) is 5. The van der Waals surface area contributed by atoms with Gasteiger partial charge in [-0.2, -0.15) is 0 Å². The maximum Gasteiger partial charge on any atom is 0.240 e. The minimum atomic E-state index is -3.50. The third-order valence-electron chi connectivity index (χ3n) is 3.83. The molecule has 1 heterocycles. The molecule has 0 aliphatic carbocycles. The molecule has 156 valence electrons. The van der Waals surface area contributed by atoms with Gasteiger partial charge in [-0.05, 0) is 25.0 Å². The topological polar surface area (TPSA) is 95.5 Å². The molecule has 7 nitrogen and oxygen atoms in total. The van der Waals surface area contributed by atoms with Gasteiger partial charge in [0.1, 0.15) is 5.01 Å². The Bertz CT molecular complexity index is 864. The Morgan fingerprint density at radius 2 is 1.86 bits per heavy atom. The van der Waals surface area contributed by atoms with Gasteiger partial charge >= 0.3 is 0 Å². The number of guanidine groups is 1. The van der Waals surface area contributed by atoms with Crippen LogP contribution in [0.15, 0.2) is 39.5 Å². The summed E-state index contributed by atoms with van der Waals surface area (Å²) in [6.07, 6.45) is 0. The Morgan fingerprint density at radius 3 is 2.43 bits per heavy atom. The van der Waals surface area contributed by atoms with E-state index in [0.29, 0.717) is 25.0 Å². The Morgan fingerprint density at radius 1 is 1.18 bits per heavy atom. The molecule has 2 aromatic rings. The van der Waals surface area contributed by atoms with Crippen molar-refractivity contribution >= 4 is 51.3 Å². The van der Waals surface area contributed by atoms with E-state index < -0.39 is 10.0 Å². The lowest BCUT2D eigenvalue weighted by Crippen LogP contribution is -2.41. The van der Waals surface area contributed by atoms with Crippen LogP contribution in [0.2, 0.25) is 0 Å². The molecule has 0 atom stereocenters. The average molecular weight is 537 g/mol. The molecule has 3 N–H and O–H groups in total. The highest BCUT2D eigenvalue weighted by Crippen LogP contribution is 2.17. The van der Waals surface area contributed by atoms with E-state index in [4.69, 9.17) is 0 Å². The average Bonchev–Trinajstić information content (AvgIpc) is 3.11. The third kappa shape index (κ3) is 7.64. The van der Waals surface area contributed by atoms with Crippen LogP contribution in [0, 0.1) is 6.92 Å². The monoisotopic (exact) mass is 537 g/mol. The quantitative estimate of drug-likeness (QED) is 0.208. The van der Waals surface area contributed by atoms with Gasteiger partial charge in [0, 0.05) is 25.5 Å². The number of hydrogen-bond donors (Lipinski definition) is 3. The molecule has 1 aromatic heterocycles. The molecule has 0 spiro atoms. The minimum absolute atomic E-state index is 0. The van der Waals surface area contributed by atoms with Crippen molar-refractivity contribution in [3.8, 4) is 0 Å². The number of thiazole rings is 1. The molecule has 0 amide bonds. The zero-order valence-electron chi connectivity index (χ0n) is 16.5. The summed E-state index contributed by atoms with van der Waals surface area (Å²) in [5, 5.41) is 9.33. The second kappa shape index (κ2) is 11.7. The number of aromatic nitrogens is 1. The lowest BCUT2D eigenvalue weighted by molar-refractivity contribution is 0.580. The van der Waals surface area contributed by atoms with Gasteiger partial charge in [0.15, 0.2) is 5.96 Å². The summed E-state index contributed by atoms with van der Waals surface area (Å²) in [6, 6.07) is 6.76. The number of nitrogens with zero attached hydrogens (tertiary/aromatic N) is 2. The number of nitrogens with one attached hydrogen (secondary N) is 3. The fourth-order valence-corrected chi connectivity index (χ4v) is 4.15. The zero-order chi connectivity index (χ0) is 19.9. The van der Waals surface area contributed by atoms with Crippen LogP contribution in [0.5, 0.6) is 0 Å². The van der Waals surface area contributed by atoms with Crippen LogP contribution < -0.4 is 15.4 Å². The van der Waals surface area contributed by atoms with Gasteiger partial charge in [-0.1, -0.05) is 31.5 Å². The Labute approximate surface area is 188 Å². The summed E-state index contributed by atoms with van der Waals surface area (Å²) in [6.45, 7) is 7.40. The number of aliphatic imine (C=N–C) groups is 1. The van der Waals surface area contributed by atoms with Gasteiger partial charge in [0.25, 0.3) is 0 Å². The smallest absolute Gasteiger partial charge is 0.240 e. The Kier molecular flexibility index (Phi) is 10.4. The Balaban J connectivity index is 0.00000392. The molecule has 28 heavy (non-hydrogen) atoms. The number of rotatable bonds is 8. The number of halogens is 1. The largest absolute Gasteiger partial charge is 0.355 e. The first-order valence-corrected chi connectivity index (χ1v) is 11.1. The molecule has 0 fully saturated rings. The highest BCUT2D eigenvalue weighted by Gasteiger charge is 2.12. The predicted octanol–water partition coefficient (Wildman–Crippen LogP) is 2.84. The first-order chi connectivity index (χ1) is 12.8. The molecule has 0 radical (unpaired) electrons. The zero-order valence-corrected chi connectivity index (χ0v) is 20.5. The molecule has 1 aromatic carbocycles. The summed E-state index contributed by atoms with van der Waals surface area (Å²) in [5.41, 5.74) is 2.11. The van der Waals surface area contributed by atoms with Crippen molar-refractivity contribution in [3.05, 3.63) is 45.9 Å². The molecule has 0 aliphatic rings. The highest BCUT2D eigenvalue weighted by molar-refractivity contribution is 14.0. The maximum atomic E-state index is 12.2. The molecule has 0 bridgehead atoms. The van der Waals surface area contributed by atoms with E-state index in [1.807, 2.05) is 6.92 Å². The van der Waals surface area contributed by atoms with E-state index in [1.165, 1.54) is 0 Å². The molecule has 10 heteroatoms. The van der Waals surface area contributed by atoms with E-state index in [2.05, 4.69) is 44.6 Å². The second-order valence-corrected chi connectivity index (χ2v) is 9.09. The van der Waals surface area contributed by atoms with Gasteiger partial charge in [0.05, 0.1) is 17.1 Å². The SMILES string of the molecule is CN=C(NCCNS(=O)(=O)c1ccc(C)cc1)NCc1nc(C(C)C)cs1.I. The standard InChI is InChI=1S/C18H27N5O2S2.HI/c1-13(2)16-12-26-17(23-16)11-21-18(19-4)20-9-10-22-27(24,25)15-7-5-14(3)6-8-15;/h5-8,12-13,22H,9-11H2,1-4H3,(H2,19,20,21);1H. The van der Waals surface area contributed by atoms with E-state index in [1.54, 1.807) is 42.6 Å². The lowest BCUT2D eigenvalue weighted by atomic mass is 10.2. The molecule has 0 unspecified atom stereocenters. The van der Waals surface area contributed by atoms with Crippen LogP contribution >= 0.6 is 35.3 Å². The van der Waals surface area contributed by atoms with Gasteiger partial charge in [-0.15, -0.1) is 35.3 Å². The van der Waals surface area contributed by atoms with Crippen LogP contribution in [0.4, 0.5) is 0 Å². The van der Waals surface area contributed by atoms with E-state index >= 15 is 0 Å². The minimum Gasteiger partial charge on any atom is -0.355 e. The van der Waals surface area contributed by atoms with Crippen molar-refractivity contribution in [1.82, 2.24) is 20.3 Å². The van der Waals surface area contributed by atoms with E-state index in [0.717, 1.165) is 16.3 Å². The van der Waals surface area contributed by atoms with Crippen molar-refractivity contribution in [3.63, 3.8) is 0 Å². The highest BCUT2D eigenvalue weighted by atomic mass is 127. The van der Waals surface area contributed by atoms with Gasteiger partial charge in [-0.25, -0.2) is 18.1 Å². The first kappa shape index (κ1) is 24.8. The summed E-state index contributed by atoms with van der Waals surface area (Å²) in [4.78, 5) is 8.97. The van der Waals surface area contributed by atoms with Gasteiger partial charge in [-0.3, -0.25) is 4.99 Å². The summed E-state index contributed by atoms with van der Waals surface area (Å²) >= 11 is 1.61. The molecule has 2 rings (SSSR count). The molecular formula is C18H28IN5O2S2. The molecule has 0 saturated carbocycles. The van der Waals surface area contributed by atoms with Gasteiger partial charge in [0.2, 0.25) is 10.0 Å². The first-order valence-electron chi connectivity index (χ1n) is 8.77. The number of sulfonamides is 1. The normalized spacial score (nSPS) is 12.0. The summed E-state index contributed by atoms with van der Waals surface area (Å²) < 4.78 is 27.0. The lowest BCUT2D eigenvalue weighted by Gasteiger charge is -2.12. The van der Waals surface area contributed by atoms with Crippen molar-refractivity contribution in [2.24, 2.45) is 4.99 Å². The second-order valence-electron chi connectivity index (χ2n) is 6.38. The summed E-state index contributed by atoms with van der Waals surface area (Å²) in [5.74, 6) is 1.01. The fraction of sp³-hybridized carbons (Fsp3) is 0.444. The van der Waals surface area contributed by atoms with Gasteiger partial charge < -0.3 is 10.6 Å². The molecular weight excluding hydrogens is 509 g/mol. The van der Waals surface area contributed by atoms with Crippen molar-refractivity contribution in [2.45, 2.75) is 38.1 Å². The van der Waals surface area contributed by atoms with Crippen LogP contribution in [0.3, 0.4) is 0 Å². The molecule has 0 aliphatic heterocycles. The summed E-state index contributed by atoms with van der Waals surface area (Å²) in [7, 11) is -1.83. The van der Waals surface area contributed by atoms with E-state index in [-0.39, 0.29) is 35.4 Å². The van der Waals surface area contributed by atoms with Crippen LogP contribution in [-0.4, -0.2) is 39.5 Å². The van der Waals surface area contributed by atoms with Crippen molar-refractivity contribution in [2.75, 3.05) is 20.1 Å². The van der Waals surface area contributed by atoms with Crippen molar-refractivity contribution < 1.29 is 8.42 Å². The Hall–Kier alpha value is -1.24. The number of benzene rings is 1. The third-order valence-corrected chi connectivity index (χ3v) is 6.18. The van der Waals surface area contributed by atoms with Crippen LogP contribution in [0.1, 0.15) is 36.0 Å². The maximum absolute atomic E-state index is 12.2. The molecule has 0 saturated heterocycles. The van der Waals surface area contributed by atoms with Crippen LogP contribution in [-0.2, 0) is 16.6 Å².